The Morgan fingerprint density at radius 2 is 0.550 bits per heavy atom. The highest BCUT2D eigenvalue weighted by Crippen LogP contribution is 2.36. The third kappa shape index (κ3) is 7.66. The molecule has 282 valence electrons. The normalized spacial score (nSPS) is 11.0. The lowest BCUT2D eigenvalue weighted by Gasteiger charge is -2.14. The number of aromatic nitrogens is 4. The number of hydrogen-bond acceptors (Lipinski definition) is 4. The van der Waals surface area contributed by atoms with E-state index < -0.39 is 0 Å². The van der Waals surface area contributed by atoms with Gasteiger partial charge in [-0.15, -0.1) is 0 Å². The van der Waals surface area contributed by atoms with Crippen LogP contribution in [0.2, 0.25) is 0 Å². The highest BCUT2D eigenvalue weighted by Gasteiger charge is 2.16. The van der Waals surface area contributed by atoms with E-state index >= 15 is 0 Å². The molecule has 0 amide bonds. The Hall–Kier alpha value is -8.08. The molecule has 0 spiro atoms. The van der Waals surface area contributed by atoms with Gasteiger partial charge < -0.3 is 0 Å². The van der Waals surface area contributed by atoms with Crippen molar-refractivity contribution < 1.29 is 0 Å². The van der Waals surface area contributed by atoms with Crippen molar-refractivity contribution >= 4 is 0 Å². The van der Waals surface area contributed by atoms with Crippen LogP contribution >= 0.6 is 0 Å². The Morgan fingerprint density at radius 3 is 1.05 bits per heavy atom. The average molecular weight is 767 g/mol. The molecule has 10 rings (SSSR count). The summed E-state index contributed by atoms with van der Waals surface area (Å²) in [4.78, 5) is 20.4. The van der Waals surface area contributed by atoms with Crippen LogP contribution in [0.3, 0.4) is 0 Å². The summed E-state index contributed by atoms with van der Waals surface area (Å²) in [7, 11) is 0. The van der Waals surface area contributed by atoms with Crippen LogP contribution in [0.5, 0.6) is 0 Å². The Balaban J connectivity index is 1.09. The maximum Gasteiger partial charge on any atom is 0.164 e. The summed E-state index contributed by atoms with van der Waals surface area (Å²) in [5.41, 5.74) is 15.8. The van der Waals surface area contributed by atoms with Gasteiger partial charge >= 0.3 is 0 Å². The standard InChI is InChI=1S/C56H38N4/c1-5-15-39(16-6-1)41-25-27-43(28-26-41)48-35-49(47-33-34-53(57-38-47)52-24-14-13-23-51(52)44-19-9-3-10-20-44)37-50(36-48)56-59-54(45-21-11-4-12-22-45)58-55(60-56)46-31-29-42(30-32-46)40-17-7-2-8-18-40/h1-38H. The van der Waals surface area contributed by atoms with Gasteiger partial charge in [-0.05, 0) is 74.3 Å². The first-order valence-electron chi connectivity index (χ1n) is 20.1. The molecular weight excluding hydrogens is 729 g/mol. The smallest absolute Gasteiger partial charge is 0.164 e. The molecule has 0 bridgehead atoms. The van der Waals surface area contributed by atoms with Crippen molar-refractivity contribution in [1.82, 2.24) is 19.9 Å². The van der Waals surface area contributed by atoms with Crippen LogP contribution in [0.25, 0.3) is 101 Å². The fraction of sp³-hybridized carbons (Fsp3) is 0. The van der Waals surface area contributed by atoms with Crippen molar-refractivity contribution in [2.45, 2.75) is 0 Å². The number of rotatable bonds is 9. The fourth-order valence-corrected chi connectivity index (χ4v) is 7.67. The predicted octanol–water partition coefficient (Wildman–Crippen LogP) is 14.3. The lowest BCUT2D eigenvalue weighted by atomic mass is 9.94. The van der Waals surface area contributed by atoms with E-state index in [1.165, 1.54) is 11.1 Å². The molecule has 0 aliphatic carbocycles. The second-order valence-electron chi connectivity index (χ2n) is 14.7. The first-order chi connectivity index (χ1) is 29.7. The van der Waals surface area contributed by atoms with Gasteiger partial charge in [0.2, 0.25) is 0 Å². The Labute approximate surface area is 350 Å². The fourth-order valence-electron chi connectivity index (χ4n) is 7.67. The van der Waals surface area contributed by atoms with E-state index in [4.69, 9.17) is 19.9 Å². The van der Waals surface area contributed by atoms with Crippen molar-refractivity contribution in [2.24, 2.45) is 0 Å². The lowest BCUT2D eigenvalue weighted by Crippen LogP contribution is -2.00. The summed E-state index contributed by atoms with van der Waals surface area (Å²) in [5.74, 6) is 1.82. The zero-order valence-electron chi connectivity index (χ0n) is 32.7. The number of hydrogen-bond donors (Lipinski definition) is 0. The molecule has 8 aromatic carbocycles. The first-order valence-corrected chi connectivity index (χ1v) is 20.1. The van der Waals surface area contributed by atoms with Crippen LogP contribution in [0, 0.1) is 0 Å². The van der Waals surface area contributed by atoms with Crippen LogP contribution in [0.4, 0.5) is 0 Å². The van der Waals surface area contributed by atoms with E-state index in [1.54, 1.807) is 0 Å². The molecule has 0 saturated heterocycles. The molecule has 0 saturated carbocycles. The second kappa shape index (κ2) is 16.4. The highest BCUT2D eigenvalue weighted by atomic mass is 15.0. The summed E-state index contributed by atoms with van der Waals surface area (Å²) in [6, 6.07) is 78.0. The molecule has 0 unspecified atom stereocenters. The minimum absolute atomic E-state index is 0.594. The maximum atomic E-state index is 5.18. The third-order valence-corrected chi connectivity index (χ3v) is 10.8. The van der Waals surface area contributed by atoms with Crippen molar-refractivity contribution in [1.29, 1.82) is 0 Å². The van der Waals surface area contributed by atoms with Crippen LogP contribution in [0.1, 0.15) is 0 Å². The molecular formula is C56H38N4. The van der Waals surface area contributed by atoms with Gasteiger partial charge in [0.1, 0.15) is 0 Å². The molecule has 0 radical (unpaired) electrons. The molecule has 0 aliphatic heterocycles. The van der Waals surface area contributed by atoms with Crippen molar-refractivity contribution in [3.63, 3.8) is 0 Å². The topological polar surface area (TPSA) is 51.6 Å². The highest BCUT2D eigenvalue weighted by molar-refractivity contribution is 5.84. The van der Waals surface area contributed by atoms with Crippen LogP contribution in [-0.2, 0) is 0 Å². The summed E-state index contributed by atoms with van der Waals surface area (Å²) in [6.45, 7) is 0. The molecule has 2 heterocycles. The zero-order valence-corrected chi connectivity index (χ0v) is 32.7. The van der Waals surface area contributed by atoms with Crippen molar-refractivity contribution in [3.8, 4) is 101 Å². The molecule has 0 N–H and O–H groups in total. The molecule has 0 aliphatic rings. The Morgan fingerprint density at radius 1 is 0.217 bits per heavy atom. The van der Waals surface area contributed by atoms with Gasteiger partial charge in [0.25, 0.3) is 0 Å². The third-order valence-electron chi connectivity index (χ3n) is 10.8. The average Bonchev–Trinajstić information content (AvgIpc) is 3.35. The lowest BCUT2D eigenvalue weighted by molar-refractivity contribution is 1.07. The van der Waals surface area contributed by atoms with Crippen LogP contribution < -0.4 is 0 Å². The molecule has 0 atom stereocenters. The van der Waals surface area contributed by atoms with E-state index in [0.29, 0.717) is 17.5 Å². The SMILES string of the molecule is c1ccc(-c2ccc(-c3cc(-c4ccc(-c5ccccc5-c5ccccc5)nc4)cc(-c4nc(-c5ccccc5)nc(-c5ccc(-c6ccccc6)cc5)n4)c3)cc2)cc1. The molecule has 0 fully saturated rings. The van der Waals surface area contributed by atoms with E-state index in [9.17, 15) is 0 Å². The number of benzene rings is 8. The summed E-state index contributed by atoms with van der Waals surface area (Å²) in [6.07, 6.45) is 1.97. The van der Waals surface area contributed by atoms with Gasteiger partial charge in [-0.3, -0.25) is 4.98 Å². The first kappa shape index (κ1) is 36.3. The number of pyridine rings is 1. The zero-order chi connectivity index (χ0) is 40.1. The minimum atomic E-state index is 0.594. The molecule has 10 aromatic rings. The van der Waals surface area contributed by atoms with E-state index in [2.05, 4.69) is 176 Å². The predicted molar refractivity (Wildman–Crippen MR) is 247 cm³/mol. The Kier molecular flexibility index (Phi) is 9.92. The second-order valence-corrected chi connectivity index (χ2v) is 14.7. The van der Waals surface area contributed by atoms with Gasteiger partial charge in [-0.1, -0.05) is 200 Å². The minimum Gasteiger partial charge on any atom is -0.256 e. The van der Waals surface area contributed by atoms with Gasteiger partial charge in [0.05, 0.1) is 5.69 Å². The van der Waals surface area contributed by atoms with E-state index in [1.807, 2.05) is 54.7 Å². The van der Waals surface area contributed by atoms with Crippen molar-refractivity contribution in [3.05, 3.63) is 231 Å². The maximum absolute atomic E-state index is 5.18. The molecule has 2 aromatic heterocycles. The monoisotopic (exact) mass is 766 g/mol. The summed E-state index contributed by atoms with van der Waals surface area (Å²) >= 11 is 0. The van der Waals surface area contributed by atoms with Gasteiger partial charge in [0, 0.05) is 34.0 Å². The van der Waals surface area contributed by atoms with Gasteiger partial charge in [-0.25, -0.2) is 15.0 Å². The summed E-state index contributed by atoms with van der Waals surface area (Å²) < 4.78 is 0. The van der Waals surface area contributed by atoms with E-state index in [0.717, 1.165) is 72.5 Å². The van der Waals surface area contributed by atoms with Crippen LogP contribution in [0.15, 0.2) is 231 Å². The quantitative estimate of drug-likeness (QED) is 0.147. The molecule has 4 nitrogen and oxygen atoms in total. The van der Waals surface area contributed by atoms with Gasteiger partial charge in [-0.2, -0.15) is 0 Å². The van der Waals surface area contributed by atoms with E-state index in [-0.39, 0.29) is 0 Å². The van der Waals surface area contributed by atoms with Crippen LogP contribution in [-0.4, -0.2) is 19.9 Å². The molecule has 4 heteroatoms. The largest absolute Gasteiger partial charge is 0.256 e. The number of nitrogens with zero attached hydrogens (tertiary/aromatic N) is 4. The Bertz CT molecular complexity index is 3020. The summed E-state index contributed by atoms with van der Waals surface area (Å²) in [5, 5.41) is 0. The molecule has 60 heavy (non-hydrogen) atoms. The van der Waals surface area contributed by atoms with Gasteiger partial charge in [0.15, 0.2) is 17.5 Å². The van der Waals surface area contributed by atoms with Crippen molar-refractivity contribution in [2.75, 3.05) is 0 Å².